The summed E-state index contributed by atoms with van der Waals surface area (Å²) in [6.45, 7) is 4.06. The van der Waals surface area contributed by atoms with Crippen LogP contribution in [0.15, 0.2) is 53.8 Å². The van der Waals surface area contributed by atoms with Crippen molar-refractivity contribution in [2.24, 2.45) is 4.99 Å². The first-order valence-electron chi connectivity index (χ1n) is 6.70. The number of rotatable bonds is 5. The summed E-state index contributed by atoms with van der Waals surface area (Å²) in [6, 6.07) is 11.7. The van der Waals surface area contributed by atoms with Gasteiger partial charge in [0.1, 0.15) is 0 Å². The van der Waals surface area contributed by atoms with Crippen molar-refractivity contribution < 1.29 is 0 Å². The Balaban J connectivity index is 0.00000220. The number of pyridine rings is 2. The van der Waals surface area contributed by atoms with Gasteiger partial charge in [-0.15, -0.1) is 24.0 Å². The molecule has 2 aromatic rings. The van der Waals surface area contributed by atoms with Crippen LogP contribution in [0, 0.1) is 0 Å². The number of guanidine groups is 1. The summed E-state index contributed by atoms with van der Waals surface area (Å²) in [5.74, 6) is 0.767. The lowest BCUT2D eigenvalue weighted by atomic mass is 10.3. The summed E-state index contributed by atoms with van der Waals surface area (Å²) in [6.07, 6.45) is 3.56. The third-order valence-electron chi connectivity index (χ3n) is 2.63. The number of nitrogens with one attached hydrogen (secondary N) is 2. The normalized spacial score (nSPS) is 10.6. The number of aromatic nitrogens is 2. The average Bonchev–Trinajstić information content (AvgIpc) is 2.52. The molecular weight excluding hydrogens is 377 g/mol. The molecule has 2 aromatic heterocycles. The first kappa shape index (κ1) is 17.4. The topological polar surface area (TPSA) is 62.2 Å². The lowest BCUT2D eigenvalue weighted by Gasteiger charge is -2.10. The Hall–Kier alpha value is -1.70. The predicted octanol–water partition coefficient (Wildman–Crippen LogP) is 2.35. The highest BCUT2D eigenvalue weighted by molar-refractivity contribution is 14.0. The Morgan fingerprint density at radius 3 is 2.24 bits per heavy atom. The summed E-state index contributed by atoms with van der Waals surface area (Å²) in [4.78, 5) is 13.0. The zero-order valence-electron chi connectivity index (χ0n) is 12.0. The van der Waals surface area contributed by atoms with Crippen molar-refractivity contribution in [3.8, 4) is 0 Å². The zero-order chi connectivity index (χ0) is 14.0. The molecule has 0 aliphatic rings. The minimum absolute atomic E-state index is 0. The van der Waals surface area contributed by atoms with E-state index in [1.165, 1.54) is 0 Å². The van der Waals surface area contributed by atoms with E-state index in [1.54, 1.807) is 12.4 Å². The Labute approximate surface area is 142 Å². The van der Waals surface area contributed by atoms with Gasteiger partial charge in [0.05, 0.1) is 24.5 Å². The monoisotopic (exact) mass is 397 g/mol. The highest BCUT2D eigenvalue weighted by Crippen LogP contribution is 1.96. The molecular formula is C15H20IN5. The van der Waals surface area contributed by atoms with Gasteiger partial charge in [0.15, 0.2) is 5.96 Å². The number of aliphatic imine (C=N–C) groups is 1. The highest BCUT2D eigenvalue weighted by atomic mass is 127. The first-order chi connectivity index (χ1) is 9.88. The second-order valence-corrected chi connectivity index (χ2v) is 4.19. The molecule has 0 aliphatic heterocycles. The van der Waals surface area contributed by atoms with Crippen LogP contribution in [-0.2, 0) is 13.1 Å². The Kier molecular flexibility index (Phi) is 8.34. The minimum atomic E-state index is 0. The van der Waals surface area contributed by atoms with Crippen LogP contribution >= 0.6 is 24.0 Å². The van der Waals surface area contributed by atoms with Crippen LogP contribution in [0.25, 0.3) is 0 Å². The molecule has 0 unspecified atom stereocenters. The predicted molar refractivity (Wildman–Crippen MR) is 95.5 cm³/mol. The molecule has 0 bridgehead atoms. The first-order valence-corrected chi connectivity index (χ1v) is 6.70. The number of nitrogens with zero attached hydrogens (tertiary/aromatic N) is 3. The van der Waals surface area contributed by atoms with Crippen LogP contribution in [0.5, 0.6) is 0 Å². The van der Waals surface area contributed by atoms with Gasteiger partial charge in [0.2, 0.25) is 0 Å². The molecule has 0 saturated heterocycles. The van der Waals surface area contributed by atoms with E-state index in [0.717, 1.165) is 23.9 Å². The summed E-state index contributed by atoms with van der Waals surface area (Å²) >= 11 is 0. The molecule has 0 spiro atoms. The lowest BCUT2D eigenvalue weighted by Crippen LogP contribution is -2.37. The van der Waals surface area contributed by atoms with Crippen molar-refractivity contribution in [3.63, 3.8) is 0 Å². The van der Waals surface area contributed by atoms with Crippen LogP contribution < -0.4 is 10.6 Å². The van der Waals surface area contributed by atoms with Crippen molar-refractivity contribution in [1.29, 1.82) is 0 Å². The second-order valence-electron chi connectivity index (χ2n) is 4.19. The maximum atomic E-state index is 4.50. The number of halogens is 1. The van der Waals surface area contributed by atoms with Gasteiger partial charge in [0.25, 0.3) is 0 Å². The van der Waals surface area contributed by atoms with Gasteiger partial charge in [-0.3, -0.25) is 9.97 Å². The number of hydrogen-bond donors (Lipinski definition) is 2. The largest absolute Gasteiger partial charge is 0.357 e. The van der Waals surface area contributed by atoms with E-state index < -0.39 is 0 Å². The molecule has 0 radical (unpaired) electrons. The van der Waals surface area contributed by atoms with Gasteiger partial charge in [-0.2, -0.15) is 0 Å². The van der Waals surface area contributed by atoms with Crippen molar-refractivity contribution in [2.45, 2.75) is 20.0 Å². The van der Waals surface area contributed by atoms with Crippen LogP contribution in [0.4, 0.5) is 0 Å². The van der Waals surface area contributed by atoms with E-state index in [4.69, 9.17) is 0 Å². The minimum Gasteiger partial charge on any atom is -0.357 e. The molecule has 112 valence electrons. The Morgan fingerprint density at radius 2 is 1.67 bits per heavy atom. The average molecular weight is 397 g/mol. The summed E-state index contributed by atoms with van der Waals surface area (Å²) in [5, 5.41) is 6.46. The fourth-order valence-electron chi connectivity index (χ4n) is 1.67. The van der Waals surface area contributed by atoms with Crippen molar-refractivity contribution in [1.82, 2.24) is 20.6 Å². The fourth-order valence-corrected chi connectivity index (χ4v) is 1.67. The van der Waals surface area contributed by atoms with Gasteiger partial charge in [0, 0.05) is 18.9 Å². The standard InChI is InChI=1S/C15H19N5.HI/c1-2-16-15(19-11-13-7-3-5-9-17-13)20-12-14-8-4-6-10-18-14;/h3-10H,2,11-12H2,1H3,(H2,16,19,20);1H. The molecule has 0 aliphatic carbocycles. The van der Waals surface area contributed by atoms with Gasteiger partial charge in [-0.25, -0.2) is 4.99 Å². The lowest BCUT2D eigenvalue weighted by molar-refractivity contribution is 0.796. The van der Waals surface area contributed by atoms with E-state index in [9.17, 15) is 0 Å². The maximum absolute atomic E-state index is 4.50. The summed E-state index contributed by atoms with van der Waals surface area (Å²) in [7, 11) is 0. The highest BCUT2D eigenvalue weighted by Gasteiger charge is 1.99. The SMILES string of the molecule is CCNC(=NCc1ccccn1)NCc1ccccn1.I. The van der Waals surface area contributed by atoms with Gasteiger partial charge in [-0.1, -0.05) is 12.1 Å². The third-order valence-corrected chi connectivity index (χ3v) is 2.63. The van der Waals surface area contributed by atoms with Crippen molar-refractivity contribution in [3.05, 3.63) is 60.2 Å². The molecule has 0 saturated carbocycles. The number of hydrogen-bond acceptors (Lipinski definition) is 3. The zero-order valence-corrected chi connectivity index (χ0v) is 14.3. The molecule has 0 amide bonds. The van der Waals surface area contributed by atoms with Crippen LogP contribution in [0.3, 0.4) is 0 Å². The smallest absolute Gasteiger partial charge is 0.191 e. The van der Waals surface area contributed by atoms with Crippen molar-refractivity contribution in [2.75, 3.05) is 6.54 Å². The maximum Gasteiger partial charge on any atom is 0.191 e. The second kappa shape index (κ2) is 10.1. The van der Waals surface area contributed by atoms with E-state index in [1.807, 2.05) is 43.3 Å². The van der Waals surface area contributed by atoms with E-state index in [2.05, 4.69) is 25.6 Å². The third kappa shape index (κ3) is 6.52. The molecule has 2 N–H and O–H groups in total. The summed E-state index contributed by atoms with van der Waals surface area (Å²) in [5.41, 5.74) is 1.93. The van der Waals surface area contributed by atoms with Crippen LogP contribution in [-0.4, -0.2) is 22.5 Å². The van der Waals surface area contributed by atoms with Crippen LogP contribution in [0.1, 0.15) is 18.3 Å². The van der Waals surface area contributed by atoms with Crippen molar-refractivity contribution >= 4 is 29.9 Å². The summed E-state index contributed by atoms with van der Waals surface area (Å²) < 4.78 is 0. The molecule has 0 aromatic carbocycles. The molecule has 6 heteroatoms. The molecule has 0 atom stereocenters. The Bertz CT molecular complexity index is 530. The van der Waals surface area contributed by atoms with Gasteiger partial charge < -0.3 is 10.6 Å². The van der Waals surface area contributed by atoms with E-state index in [-0.39, 0.29) is 24.0 Å². The van der Waals surface area contributed by atoms with E-state index >= 15 is 0 Å². The van der Waals surface area contributed by atoms with Gasteiger partial charge in [-0.05, 0) is 31.2 Å². The van der Waals surface area contributed by atoms with Gasteiger partial charge >= 0.3 is 0 Å². The quantitative estimate of drug-likeness (QED) is 0.462. The van der Waals surface area contributed by atoms with Crippen LogP contribution in [0.2, 0.25) is 0 Å². The Morgan fingerprint density at radius 1 is 1.00 bits per heavy atom. The molecule has 0 fully saturated rings. The molecule has 5 nitrogen and oxygen atoms in total. The van der Waals surface area contributed by atoms with E-state index in [0.29, 0.717) is 13.1 Å². The fraction of sp³-hybridized carbons (Fsp3) is 0.267. The molecule has 2 rings (SSSR count). The molecule has 21 heavy (non-hydrogen) atoms. The molecule has 2 heterocycles.